The highest BCUT2D eigenvalue weighted by Gasteiger charge is 2.45. The smallest absolute Gasteiger partial charge is 0.408 e. The van der Waals surface area contributed by atoms with E-state index in [0.29, 0.717) is 12.1 Å². The summed E-state index contributed by atoms with van der Waals surface area (Å²) in [4.78, 5) is 41.2. The van der Waals surface area contributed by atoms with Gasteiger partial charge in [0.15, 0.2) is 8.32 Å². The van der Waals surface area contributed by atoms with Crippen molar-refractivity contribution in [2.24, 2.45) is 0 Å². The Hall–Kier alpha value is -4.16. The van der Waals surface area contributed by atoms with Crippen LogP contribution in [0.25, 0.3) is 27.7 Å². The molecule has 2 aromatic carbocycles. The maximum Gasteiger partial charge on any atom is 0.408 e. The maximum absolute atomic E-state index is 15.4. The summed E-state index contributed by atoms with van der Waals surface area (Å²) in [6.07, 6.45) is 1.59. The van der Waals surface area contributed by atoms with Crippen LogP contribution in [0.4, 0.5) is 9.18 Å². The second-order valence-electron chi connectivity index (χ2n) is 11.9. The third-order valence-corrected chi connectivity index (χ3v) is 12.7. The van der Waals surface area contributed by atoms with Gasteiger partial charge in [0.2, 0.25) is 0 Å². The zero-order valence-corrected chi connectivity index (χ0v) is 25.5. The summed E-state index contributed by atoms with van der Waals surface area (Å²) in [5.41, 5.74) is 0.455. The van der Waals surface area contributed by atoms with Gasteiger partial charge < -0.3 is 14.3 Å². The fourth-order valence-electron chi connectivity index (χ4n) is 5.08. The van der Waals surface area contributed by atoms with Gasteiger partial charge in [0, 0.05) is 36.5 Å². The Morgan fingerprint density at radius 2 is 1.76 bits per heavy atom. The zero-order valence-electron chi connectivity index (χ0n) is 24.5. The van der Waals surface area contributed by atoms with Gasteiger partial charge in [-0.1, -0.05) is 39.0 Å². The van der Waals surface area contributed by atoms with E-state index < -0.39 is 31.8 Å². The monoisotopic (exact) mass is 591 g/mol. The standard InChI is InChI=1S/C30H34FN5O5Si/c1-30(2,3)42(5,6)41-20-14-23(35(17-20)29(38)39)26-34-22-13-12-21(31)24(18-15-32-28(40-4)33-16-18)25(22)27(37)36(26)19-10-8-7-9-11-19/h7-13,15-16,20,23H,14,17H2,1-6H3,(H,38,39). The number of amides is 1. The van der Waals surface area contributed by atoms with E-state index in [1.54, 1.807) is 24.3 Å². The average molecular weight is 592 g/mol. The number of hydrogen-bond acceptors (Lipinski definition) is 7. The highest BCUT2D eigenvalue weighted by atomic mass is 28.4. The van der Waals surface area contributed by atoms with E-state index in [1.807, 2.05) is 6.07 Å². The molecule has 1 aliphatic heterocycles. The third kappa shape index (κ3) is 5.27. The van der Waals surface area contributed by atoms with Crippen molar-refractivity contribution in [2.75, 3.05) is 13.7 Å². The summed E-state index contributed by atoms with van der Waals surface area (Å²) in [6, 6.07) is 10.8. The van der Waals surface area contributed by atoms with Crippen molar-refractivity contribution in [3.05, 3.63) is 76.9 Å². The fourth-order valence-corrected chi connectivity index (χ4v) is 6.44. The molecule has 4 aromatic rings. The Morgan fingerprint density at radius 3 is 2.36 bits per heavy atom. The molecule has 42 heavy (non-hydrogen) atoms. The molecule has 220 valence electrons. The number of aromatic nitrogens is 4. The number of carbonyl (C=O) groups is 1. The van der Waals surface area contributed by atoms with Crippen LogP contribution in [0.1, 0.15) is 39.1 Å². The second kappa shape index (κ2) is 10.9. The van der Waals surface area contributed by atoms with Crippen molar-refractivity contribution < 1.29 is 23.5 Å². The normalized spacial score (nSPS) is 17.5. The molecule has 12 heteroatoms. The molecule has 5 rings (SSSR count). The van der Waals surface area contributed by atoms with Crippen LogP contribution in [0.15, 0.2) is 59.7 Å². The summed E-state index contributed by atoms with van der Waals surface area (Å²) in [6.45, 7) is 10.8. The Labute approximate surface area is 243 Å². The van der Waals surface area contributed by atoms with Gasteiger partial charge >= 0.3 is 12.1 Å². The van der Waals surface area contributed by atoms with Gasteiger partial charge in [0.25, 0.3) is 5.56 Å². The van der Waals surface area contributed by atoms with Crippen molar-refractivity contribution in [3.8, 4) is 22.8 Å². The Morgan fingerprint density at radius 1 is 1.10 bits per heavy atom. The van der Waals surface area contributed by atoms with Crippen molar-refractivity contribution in [1.29, 1.82) is 0 Å². The van der Waals surface area contributed by atoms with Crippen LogP contribution in [-0.2, 0) is 4.43 Å². The molecule has 0 saturated carbocycles. The molecule has 1 amide bonds. The summed E-state index contributed by atoms with van der Waals surface area (Å²) in [5, 5.41) is 10.2. The first-order valence-electron chi connectivity index (χ1n) is 13.7. The molecule has 2 atom stereocenters. The number of nitrogens with zero attached hydrogens (tertiary/aromatic N) is 5. The number of halogens is 1. The van der Waals surface area contributed by atoms with Gasteiger partial charge in [-0.3, -0.25) is 14.3 Å². The Kier molecular flexibility index (Phi) is 7.62. The molecule has 2 unspecified atom stereocenters. The molecule has 0 aliphatic carbocycles. The van der Waals surface area contributed by atoms with E-state index in [-0.39, 0.29) is 51.6 Å². The third-order valence-electron chi connectivity index (χ3n) is 8.20. The zero-order chi connectivity index (χ0) is 30.4. The van der Waals surface area contributed by atoms with Crippen LogP contribution in [-0.4, -0.2) is 63.7 Å². The average Bonchev–Trinajstić information content (AvgIpc) is 3.36. The van der Waals surface area contributed by atoms with E-state index in [2.05, 4.69) is 43.8 Å². The van der Waals surface area contributed by atoms with Crippen molar-refractivity contribution >= 4 is 25.3 Å². The lowest BCUT2D eigenvalue weighted by molar-refractivity contribution is 0.131. The molecule has 1 aliphatic rings. The van der Waals surface area contributed by atoms with Gasteiger partial charge in [-0.15, -0.1) is 0 Å². The number of rotatable bonds is 6. The summed E-state index contributed by atoms with van der Waals surface area (Å²) in [5.74, 6) is -0.399. The lowest BCUT2D eigenvalue weighted by atomic mass is 10.0. The first kappa shape index (κ1) is 29.3. The van der Waals surface area contributed by atoms with Gasteiger partial charge in [-0.25, -0.2) is 24.1 Å². The number of benzene rings is 2. The molecule has 0 spiro atoms. The van der Waals surface area contributed by atoms with Crippen LogP contribution in [0.5, 0.6) is 6.01 Å². The van der Waals surface area contributed by atoms with Crippen LogP contribution in [0.2, 0.25) is 18.1 Å². The van der Waals surface area contributed by atoms with E-state index >= 15 is 4.39 Å². The molecule has 2 aromatic heterocycles. The molecule has 3 heterocycles. The van der Waals surface area contributed by atoms with Gasteiger partial charge in [-0.05, 0) is 42.4 Å². The second-order valence-corrected chi connectivity index (χ2v) is 16.7. The summed E-state index contributed by atoms with van der Waals surface area (Å²) in [7, 11) is -0.807. The molecule has 1 saturated heterocycles. The van der Waals surface area contributed by atoms with Crippen LogP contribution in [0, 0.1) is 5.82 Å². The topological polar surface area (TPSA) is 120 Å². The minimum atomic E-state index is -2.23. The lowest BCUT2D eigenvalue weighted by Crippen LogP contribution is -2.44. The van der Waals surface area contributed by atoms with Crippen LogP contribution in [0.3, 0.4) is 0 Å². The van der Waals surface area contributed by atoms with E-state index in [9.17, 15) is 14.7 Å². The molecule has 1 N–H and O–H groups in total. The number of methoxy groups -OCH3 is 1. The summed E-state index contributed by atoms with van der Waals surface area (Å²) < 4.78 is 28.4. The maximum atomic E-state index is 15.4. The minimum absolute atomic E-state index is 0.00420. The number of likely N-dealkylation sites (tertiary alicyclic amines) is 1. The Balaban J connectivity index is 1.73. The van der Waals surface area contributed by atoms with Crippen LogP contribution < -0.4 is 10.3 Å². The number of fused-ring (bicyclic) bond motifs is 1. The summed E-state index contributed by atoms with van der Waals surface area (Å²) >= 11 is 0. The van der Waals surface area contributed by atoms with Gasteiger partial charge in [0.1, 0.15) is 11.6 Å². The van der Waals surface area contributed by atoms with Crippen LogP contribution >= 0.6 is 0 Å². The van der Waals surface area contributed by atoms with Crippen molar-refractivity contribution in [2.45, 2.75) is 57.5 Å². The quantitative estimate of drug-likeness (QED) is 0.279. The molecular formula is C30H34FN5O5Si. The van der Waals surface area contributed by atoms with Gasteiger partial charge in [-0.2, -0.15) is 0 Å². The fraction of sp³-hybridized carbons (Fsp3) is 0.367. The highest BCUT2D eigenvalue weighted by Crippen LogP contribution is 2.41. The molecule has 10 nitrogen and oxygen atoms in total. The van der Waals surface area contributed by atoms with E-state index in [1.165, 1.54) is 41.1 Å². The van der Waals surface area contributed by atoms with E-state index in [4.69, 9.17) is 14.1 Å². The number of carboxylic acid groups (broad SMARTS) is 1. The van der Waals surface area contributed by atoms with Crippen molar-refractivity contribution in [3.63, 3.8) is 0 Å². The number of ether oxygens (including phenoxy) is 1. The Bertz CT molecular complexity index is 1690. The van der Waals surface area contributed by atoms with Crippen molar-refractivity contribution in [1.82, 2.24) is 24.4 Å². The molecule has 0 radical (unpaired) electrons. The lowest BCUT2D eigenvalue weighted by Gasteiger charge is -2.38. The van der Waals surface area contributed by atoms with Gasteiger partial charge in [0.05, 0.1) is 35.8 Å². The number of hydrogen-bond donors (Lipinski definition) is 1. The molecular weight excluding hydrogens is 557 g/mol. The van der Waals surface area contributed by atoms with E-state index in [0.717, 1.165) is 0 Å². The SMILES string of the molecule is COc1ncc(-c2c(F)ccc3nc(C4CC(O[Si](C)(C)C(C)(C)C)CN4C(=O)O)n(-c4ccccc4)c(=O)c23)cn1. The predicted octanol–water partition coefficient (Wildman–Crippen LogP) is 5.81. The predicted molar refractivity (Wildman–Crippen MR) is 159 cm³/mol. The number of para-hydroxylation sites is 1. The molecule has 0 bridgehead atoms. The largest absolute Gasteiger partial charge is 0.467 e. The first-order chi connectivity index (χ1) is 19.8. The first-order valence-corrected chi connectivity index (χ1v) is 16.6. The highest BCUT2D eigenvalue weighted by molar-refractivity contribution is 6.74. The molecule has 1 fully saturated rings. The minimum Gasteiger partial charge on any atom is -0.467 e.